The van der Waals surface area contributed by atoms with Gasteiger partial charge < -0.3 is 9.47 Å². The SMILES string of the molecule is O=C1CN(c2c(OCc3ccccc3)cc3c(c2F)CN(CC2CC4CCC2O4)CC3)S(=O)(=O)N1. The summed E-state index contributed by atoms with van der Waals surface area (Å²) in [6.07, 6.45) is 4.56. The van der Waals surface area contributed by atoms with Gasteiger partial charge in [0.1, 0.15) is 24.6 Å². The molecule has 4 aliphatic heterocycles. The standard InChI is InChI=1S/C25H28FN3O5S/c26-24-20-13-28(12-18-10-19-6-7-21(18)34-19)9-8-17(20)11-22(33-15-16-4-2-1-3-5-16)25(24)29-14-23(30)27-35(29,31)32/h1-5,11,18-19,21H,6-10,12-15H2,(H,27,30). The van der Waals surface area contributed by atoms with Crippen LogP contribution < -0.4 is 13.8 Å². The second-order valence-electron chi connectivity index (χ2n) is 9.84. The fourth-order valence-electron chi connectivity index (χ4n) is 5.83. The molecule has 4 aliphatic rings. The van der Waals surface area contributed by atoms with Crippen molar-refractivity contribution in [2.75, 3.05) is 23.9 Å². The lowest BCUT2D eigenvalue weighted by Gasteiger charge is -2.34. The van der Waals surface area contributed by atoms with Crippen LogP contribution in [-0.4, -0.2) is 51.1 Å². The zero-order valence-corrected chi connectivity index (χ0v) is 20.1. The summed E-state index contributed by atoms with van der Waals surface area (Å²) in [7, 11) is -4.20. The Morgan fingerprint density at radius 2 is 2.00 bits per heavy atom. The number of amides is 1. The van der Waals surface area contributed by atoms with Crippen molar-refractivity contribution in [2.24, 2.45) is 5.92 Å². The fourth-order valence-corrected chi connectivity index (χ4v) is 6.99. The molecule has 1 N–H and O–H groups in total. The maximum absolute atomic E-state index is 16.1. The first-order valence-electron chi connectivity index (χ1n) is 12.1. The summed E-state index contributed by atoms with van der Waals surface area (Å²) >= 11 is 0. The van der Waals surface area contributed by atoms with Crippen LogP contribution in [-0.2, 0) is 39.3 Å². The number of halogens is 1. The van der Waals surface area contributed by atoms with Crippen LogP contribution >= 0.6 is 0 Å². The molecule has 10 heteroatoms. The lowest BCUT2D eigenvalue weighted by atomic mass is 9.88. The van der Waals surface area contributed by atoms with Gasteiger partial charge in [-0.25, -0.2) is 13.4 Å². The first kappa shape index (κ1) is 22.8. The van der Waals surface area contributed by atoms with Crippen LogP contribution in [0.4, 0.5) is 10.1 Å². The van der Waals surface area contributed by atoms with Crippen LogP contribution in [0.1, 0.15) is 36.0 Å². The predicted molar refractivity (Wildman–Crippen MR) is 127 cm³/mol. The van der Waals surface area contributed by atoms with Crippen molar-refractivity contribution in [2.45, 2.75) is 51.0 Å². The third kappa shape index (κ3) is 4.28. The summed E-state index contributed by atoms with van der Waals surface area (Å²) in [5, 5.41) is 0. The fraction of sp³-hybridized carbons (Fsp3) is 0.480. The topological polar surface area (TPSA) is 88.2 Å². The maximum atomic E-state index is 16.1. The van der Waals surface area contributed by atoms with Crippen LogP contribution in [0.3, 0.4) is 0 Å². The molecule has 0 aromatic heterocycles. The molecule has 0 radical (unpaired) electrons. The number of benzene rings is 2. The highest BCUT2D eigenvalue weighted by Crippen LogP contribution is 2.42. The Hall–Kier alpha value is -2.69. The molecule has 2 bridgehead atoms. The molecule has 0 aliphatic carbocycles. The summed E-state index contributed by atoms with van der Waals surface area (Å²) in [5.74, 6) is -0.763. The Bertz CT molecular complexity index is 1260. The van der Waals surface area contributed by atoms with E-state index in [1.54, 1.807) is 6.07 Å². The Balaban J connectivity index is 1.31. The molecule has 0 spiro atoms. The lowest BCUT2D eigenvalue weighted by Crippen LogP contribution is -2.38. The van der Waals surface area contributed by atoms with Crippen molar-refractivity contribution in [3.8, 4) is 5.75 Å². The highest BCUT2D eigenvalue weighted by molar-refractivity contribution is 7.92. The van der Waals surface area contributed by atoms with Crippen molar-refractivity contribution in [3.63, 3.8) is 0 Å². The lowest BCUT2D eigenvalue weighted by molar-refractivity contribution is -0.117. The zero-order valence-electron chi connectivity index (χ0n) is 19.3. The Kier molecular flexibility index (Phi) is 5.69. The molecule has 6 rings (SSSR count). The van der Waals surface area contributed by atoms with Gasteiger partial charge in [-0.1, -0.05) is 30.3 Å². The van der Waals surface area contributed by atoms with Gasteiger partial charge in [-0.05, 0) is 42.9 Å². The molecular formula is C25H28FN3O5S. The van der Waals surface area contributed by atoms with Crippen LogP contribution in [0.25, 0.3) is 0 Å². The van der Waals surface area contributed by atoms with E-state index in [1.165, 1.54) is 0 Å². The van der Waals surface area contributed by atoms with E-state index >= 15 is 4.39 Å². The molecule has 186 valence electrons. The molecule has 3 fully saturated rings. The first-order chi connectivity index (χ1) is 16.9. The molecule has 2 aromatic carbocycles. The quantitative estimate of drug-likeness (QED) is 0.655. The molecule has 3 atom stereocenters. The zero-order chi connectivity index (χ0) is 24.2. The third-order valence-electron chi connectivity index (χ3n) is 7.51. The number of fused-ring (bicyclic) bond motifs is 3. The summed E-state index contributed by atoms with van der Waals surface area (Å²) in [4.78, 5) is 14.2. The number of hydrogen-bond donors (Lipinski definition) is 1. The van der Waals surface area contributed by atoms with Gasteiger partial charge in [0.15, 0.2) is 5.82 Å². The normalized spacial score (nSPS) is 27.2. The molecule has 3 unspecified atom stereocenters. The number of nitrogens with zero attached hydrogens (tertiary/aromatic N) is 2. The Morgan fingerprint density at radius 1 is 1.17 bits per heavy atom. The molecule has 3 saturated heterocycles. The van der Waals surface area contributed by atoms with Gasteiger partial charge >= 0.3 is 10.2 Å². The van der Waals surface area contributed by atoms with E-state index in [0.29, 0.717) is 36.7 Å². The van der Waals surface area contributed by atoms with E-state index in [4.69, 9.17) is 9.47 Å². The van der Waals surface area contributed by atoms with Crippen LogP contribution in [0.2, 0.25) is 0 Å². The summed E-state index contributed by atoms with van der Waals surface area (Å²) in [6, 6.07) is 11.1. The number of nitrogens with one attached hydrogen (secondary N) is 1. The largest absolute Gasteiger partial charge is 0.487 e. The minimum atomic E-state index is -4.20. The molecule has 4 heterocycles. The smallest absolute Gasteiger partial charge is 0.326 e. The average Bonchev–Trinajstić information content (AvgIpc) is 3.52. The van der Waals surface area contributed by atoms with Gasteiger partial charge in [0.2, 0.25) is 0 Å². The monoisotopic (exact) mass is 501 g/mol. The van der Waals surface area contributed by atoms with Gasteiger partial charge in [-0.2, -0.15) is 8.42 Å². The highest BCUT2D eigenvalue weighted by atomic mass is 32.2. The van der Waals surface area contributed by atoms with Crippen molar-refractivity contribution >= 4 is 21.8 Å². The number of carbonyl (C=O) groups excluding carboxylic acids is 1. The maximum Gasteiger partial charge on any atom is 0.326 e. The van der Waals surface area contributed by atoms with Gasteiger partial charge in [0.25, 0.3) is 5.91 Å². The van der Waals surface area contributed by atoms with E-state index in [0.717, 1.165) is 47.8 Å². The molecule has 35 heavy (non-hydrogen) atoms. The van der Waals surface area contributed by atoms with E-state index in [2.05, 4.69) is 4.90 Å². The minimum Gasteiger partial charge on any atom is -0.487 e. The Labute approximate surface area is 204 Å². The molecule has 1 amide bonds. The third-order valence-corrected chi connectivity index (χ3v) is 8.89. The van der Waals surface area contributed by atoms with E-state index in [9.17, 15) is 13.2 Å². The van der Waals surface area contributed by atoms with Gasteiger partial charge in [0, 0.05) is 31.1 Å². The molecule has 0 saturated carbocycles. The Morgan fingerprint density at radius 3 is 2.69 bits per heavy atom. The second-order valence-corrected chi connectivity index (χ2v) is 11.4. The number of ether oxygens (including phenoxy) is 2. The number of anilines is 1. The van der Waals surface area contributed by atoms with E-state index < -0.39 is 28.5 Å². The van der Waals surface area contributed by atoms with Crippen molar-refractivity contribution < 1.29 is 27.1 Å². The van der Waals surface area contributed by atoms with Crippen LogP contribution in [0, 0.1) is 11.7 Å². The van der Waals surface area contributed by atoms with Gasteiger partial charge in [0.05, 0.1) is 12.2 Å². The average molecular weight is 502 g/mol. The van der Waals surface area contributed by atoms with E-state index in [1.807, 2.05) is 35.1 Å². The summed E-state index contributed by atoms with van der Waals surface area (Å²) in [5.41, 5.74) is 1.94. The molecule has 2 aromatic rings. The summed E-state index contributed by atoms with van der Waals surface area (Å²) < 4.78 is 56.1. The highest BCUT2D eigenvalue weighted by Gasteiger charge is 2.42. The van der Waals surface area contributed by atoms with Gasteiger partial charge in [-0.15, -0.1) is 0 Å². The van der Waals surface area contributed by atoms with Crippen molar-refractivity contribution in [1.82, 2.24) is 9.62 Å². The van der Waals surface area contributed by atoms with E-state index in [-0.39, 0.29) is 18.0 Å². The number of rotatable bonds is 6. The molecular weight excluding hydrogens is 473 g/mol. The van der Waals surface area contributed by atoms with Gasteiger partial charge in [-0.3, -0.25) is 9.69 Å². The first-order valence-corrected chi connectivity index (χ1v) is 13.5. The number of carbonyl (C=O) groups is 1. The molecule has 8 nitrogen and oxygen atoms in total. The number of hydrogen-bond acceptors (Lipinski definition) is 6. The van der Waals surface area contributed by atoms with Crippen molar-refractivity contribution in [1.29, 1.82) is 0 Å². The minimum absolute atomic E-state index is 0.125. The van der Waals surface area contributed by atoms with Crippen LogP contribution in [0.15, 0.2) is 36.4 Å². The van der Waals surface area contributed by atoms with Crippen LogP contribution in [0.5, 0.6) is 5.75 Å². The van der Waals surface area contributed by atoms with Crippen molar-refractivity contribution in [3.05, 3.63) is 58.9 Å². The second kappa shape index (κ2) is 8.76. The summed E-state index contributed by atoms with van der Waals surface area (Å²) in [6.45, 7) is 1.68. The predicted octanol–water partition coefficient (Wildman–Crippen LogP) is 2.51.